The van der Waals surface area contributed by atoms with Crippen molar-refractivity contribution in [3.63, 3.8) is 0 Å². The van der Waals surface area contributed by atoms with E-state index in [4.69, 9.17) is 4.42 Å². The lowest BCUT2D eigenvalue weighted by Crippen LogP contribution is -2.10. The molecule has 17 heavy (non-hydrogen) atoms. The van der Waals surface area contributed by atoms with Crippen molar-refractivity contribution in [3.8, 4) is 0 Å². The van der Waals surface area contributed by atoms with Crippen molar-refractivity contribution in [2.45, 2.75) is 39.8 Å². The molecule has 2 rings (SSSR count). The molecule has 5 heteroatoms. The molecule has 0 aliphatic carbocycles. The summed E-state index contributed by atoms with van der Waals surface area (Å²) in [5.74, 6) is 1.53. The number of rotatable bonds is 4. The molecule has 0 amide bonds. The number of aromatic nitrogens is 3. The van der Waals surface area contributed by atoms with Gasteiger partial charge in [-0.05, 0) is 26.3 Å². The molecule has 0 aromatic carbocycles. The van der Waals surface area contributed by atoms with E-state index in [1.54, 1.807) is 10.9 Å². The van der Waals surface area contributed by atoms with Gasteiger partial charge in [-0.25, -0.2) is 4.68 Å². The Kier molecular flexibility index (Phi) is 3.28. The van der Waals surface area contributed by atoms with Gasteiger partial charge < -0.3 is 9.52 Å². The average Bonchev–Trinajstić information content (AvgIpc) is 2.85. The number of nitrogens with zero attached hydrogens (tertiary/aromatic N) is 3. The van der Waals surface area contributed by atoms with Gasteiger partial charge in [0.15, 0.2) is 0 Å². The average molecular weight is 235 g/mol. The van der Waals surface area contributed by atoms with Gasteiger partial charge >= 0.3 is 0 Å². The maximum atomic E-state index is 10.3. The SMILES string of the molecule is CCCn1nncc1C(O)c1cc(C)oc1C. The minimum Gasteiger partial charge on any atom is -0.466 e. The Morgan fingerprint density at radius 2 is 2.24 bits per heavy atom. The summed E-state index contributed by atoms with van der Waals surface area (Å²) in [4.78, 5) is 0. The first-order chi connectivity index (χ1) is 8.13. The van der Waals surface area contributed by atoms with Gasteiger partial charge in [0.25, 0.3) is 0 Å². The van der Waals surface area contributed by atoms with Crippen LogP contribution < -0.4 is 0 Å². The number of aryl methyl sites for hydroxylation is 3. The maximum absolute atomic E-state index is 10.3. The van der Waals surface area contributed by atoms with E-state index in [1.165, 1.54) is 0 Å². The Morgan fingerprint density at radius 1 is 1.47 bits per heavy atom. The van der Waals surface area contributed by atoms with E-state index < -0.39 is 6.10 Å². The summed E-state index contributed by atoms with van der Waals surface area (Å²) in [7, 11) is 0. The molecule has 1 N–H and O–H groups in total. The van der Waals surface area contributed by atoms with Gasteiger partial charge in [-0.3, -0.25) is 0 Å². The molecular formula is C12H17N3O2. The van der Waals surface area contributed by atoms with Gasteiger partial charge in [0.2, 0.25) is 0 Å². The second-order valence-corrected chi connectivity index (χ2v) is 4.15. The van der Waals surface area contributed by atoms with E-state index in [-0.39, 0.29) is 0 Å². The highest BCUT2D eigenvalue weighted by Crippen LogP contribution is 2.26. The summed E-state index contributed by atoms with van der Waals surface area (Å²) < 4.78 is 7.15. The maximum Gasteiger partial charge on any atom is 0.126 e. The van der Waals surface area contributed by atoms with Crippen LogP contribution in [0.15, 0.2) is 16.7 Å². The van der Waals surface area contributed by atoms with Crippen LogP contribution >= 0.6 is 0 Å². The summed E-state index contributed by atoms with van der Waals surface area (Å²) in [5, 5.41) is 18.1. The third-order valence-corrected chi connectivity index (χ3v) is 2.74. The normalized spacial score (nSPS) is 12.9. The van der Waals surface area contributed by atoms with Gasteiger partial charge in [-0.15, -0.1) is 5.10 Å². The van der Waals surface area contributed by atoms with Crippen LogP contribution in [0, 0.1) is 13.8 Å². The lowest BCUT2D eigenvalue weighted by molar-refractivity contribution is 0.205. The fourth-order valence-corrected chi connectivity index (χ4v) is 1.94. The molecule has 92 valence electrons. The standard InChI is InChI=1S/C12H17N3O2/c1-4-5-15-11(7-13-14-15)12(16)10-6-8(2)17-9(10)3/h6-7,12,16H,4-5H2,1-3H3. The second kappa shape index (κ2) is 4.71. The summed E-state index contributed by atoms with van der Waals surface area (Å²) in [5.41, 5.74) is 1.48. The van der Waals surface area contributed by atoms with Crippen molar-refractivity contribution < 1.29 is 9.52 Å². The van der Waals surface area contributed by atoms with Crippen LogP contribution in [0.5, 0.6) is 0 Å². The van der Waals surface area contributed by atoms with Crippen LogP contribution in [-0.4, -0.2) is 20.1 Å². The molecule has 5 nitrogen and oxygen atoms in total. The first kappa shape index (κ1) is 11.9. The Labute approximate surface area is 100 Å². The van der Waals surface area contributed by atoms with Gasteiger partial charge in [-0.1, -0.05) is 12.1 Å². The predicted molar refractivity (Wildman–Crippen MR) is 62.6 cm³/mol. The third-order valence-electron chi connectivity index (χ3n) is 2.74. The zero-order valence-corrected chi connectivity index (χ0v) is 10.3. The Morgan fingerprint density at radius 3 is 2.82 bits per heavy atom. The molecular weight excluding hydrogens is 218 g/mol. The highest BCUT2D eigenvalue weighted by Gasteiger charge is 2.20. The summed E-state index contributed by atoms with van der Waals surface area (Å²) in [6, 6.07) is 1.85. The number of aliphatic hydroxyl groups excluding tert-OH is 1. The predicted octanol–water partition coefficient (Wildman–Crippen LogP) is 1.98. The van der Waals surface area contributed by atoms with E-state index in [0.717, 1.165) is 30.0 Å². The fraction of sp³-hybridized carbons (Fsp3) is 0.500. The summed E-state index contributed by atoms with van der Waals surface area (Å²) in [6.07, 6.45) is 1.82. The van der Waals surface area contributed by atoms with Crippen LogP contribution in [0.25, 0.3) is 0 Å². The van der Waals surface area contributed by atoms with Gasteiger partial charge in [-0.2, -0.15) is 0 Å². The minimum atomic E-state index is -0.728. The zero-order chi connectivity index (χ0) is 12.4. The summed E-state index contributed by atoms with van der Waals surface area (Å²) in [6.45, 7) is 6.53. The first-order valence-corrected chi connectivity index (χ1v) is 5.76. The molecule has 2 aromatic rings. The number of aliphatic hydroxyl groups is 1. The lowest BCUT2D eigenvalue weighted by atomic mass is 10.1. The Balaban J connectivity index is 2.33. The molecule has 0 saturated heterocycles. The van der Waals surface area contributed by atoms with Crippen LogP contribution in [0.2, 0.25) is 0 Å². The van der Waals surface area contributed by atoms with Gasteiger partial charge in [0.1, 0.15) is 17.6 Å². The number of hydrogen-bond donors (Lipinski definition) is 1. The molecule has 0 bridgehead atoms. The molecule has 0 radical (unpaired) electrons. The van der Waals surface area contributed by atoms with E-state index >= 15 is 0 Å². The lowest BCUT2D eigenvalue weighted by Gasteiger charge is -2.10. The van der Waals surface area contributed by atoms with Crippen LogP contribution in [0.3, 0.4) is 0 Å². The fourth-order valence-electron chi connectivity index (χ4n) is 1.94. The molecule has 0 saturated carbocycles. The van der Waals surface area contributed by atoms with Crippen LogP contribution in [0.4, 0.5) is 0 Å². The van der Waals surface area contributed by atoms with Crippen molar-refractivity contribution in [1.82, 2.24) is 15.0 Å². The van der Waals surface area contributed by atoms with E-state index in [2.05, 4.69) is 17.2 Å². The molecule has 1 atom stereocenters. The van der Waals surface area contributed by atoms with Crippen LogP contribution in [-0.2, 0) is 6.54 Å². The van der Waals surface area contributed by atoms with Gasteiger partial charge in [0.05, 0.1) is 11.9 Å². The molecule has 0 aliphatic rings. The smallest absolute Gasteiger partial charge is 0.126 e. The molecule has 2 aromatic heterocycles. The first-order valence-electron chi connectivity index (χ1n) is 5.76. The number of hydrogen-bond acceptors (Lipinski definition) is 4. The van der Waals surface area contributed by atoms with Gasteiger partial charge in [0, 0.05) is 12.1 Å². The highest BCUT2D eigenvalue weighted by molar-refractivity contribution is 5.28. The van der Waals surface area contributed by atoms with Crippen molar-refractivity contribution >= 4 is 0 Å². The van der Waals surface area contributed by atoms with Crippen molar-refractivity contribution in [1.29, 1.82) is 0 Å². The van der Waals surface area contributed by atoms with E-state index in [9.17, 15) is 5.11 Å². The monoisotopic (exact) mass is 235 g/mol. The van der Waals surface area contributed by atoms with Crippen molar-refractivity contribution in [2.75, 3.05) is 0 Å². The third kappa shape index (κ3) is 2.24. The van der Waals surface area contributed by atoms with E-state index in [1.807, 2.05) is 19.9 Å². The van der Waals surface area contributed by atoms with Crippen molar-refractivity contribution in [3.05, 3.63) is 35.0 Å². The van der Waals surface area contributed by atoms with E-state index in [0.29, 0.717) is 5.69 Å². The van der Waals surface area contributed by atoms with Crippen LogP contribution in [0.1, 0.15) is 42.2 Å². The zero-order valence-electron chi connectivity index (χ0n) is 10.3. The second-order valence-electron chi connectivity index (χ2n) is 4.15. The molecule has 1 unspecified atom stereocenters. The molecule has 0 spiro atoms. The minimum absolute atomic E-state index is 0.704. The Hall–Kier alpha value is -1.62. The topological polar surface area (TPSA) is 64.1 Å². The molecule has 2 heterocycles. The molecule has 0 aliphatic heterocycles. The Bertz CT molecular complexity index is 502. The largest absolute Gasteiger partial charge is 0.466 e. The summed E-state index contributed by atoms with van der Waals surface area (Å²) >= 11 is 0. The number of furan rings is 1. The quantitative estimate of drug-likeness (QED) is 0.880. The molecule has 0 fully saturated rings. The highest BCUT2D eigenvalue weighted by atomic mass is 16.3. The van der Waals surface area contributed by atoms with Crippen molar-refractivity contribution in [2.24, 2.45) is 0 Å².